The van der Waals surface area contributed by atoms with Crippen molar-refractivity contribution in [2.24, 2.45) is 46.4 Å². The van der Waals surface area contributed by atoms with Crippen LogP contribution in [0.2, 0.25) is 0 Å². The Bertz CT molecular complexity index is 5060. The number of rotatable bonds is 36. The predicted octanol–water partition coefficient (Wildman–Crippen LogP) is -5.03. The molecule has 4 aromatic rings. The topological polar surface area (TPSA) is 793 Å². The van der Waals surface area contributed by atoms with Crippen molar-refractivity contribution >= 4 is 130 Å². The third kappa shape index (κ3) is 42.3. The number of nitrogens with two attached hydrogens (primary N) is 5. The number of aryl methyl sites for hydroxylation is 1. The Morgan fingerprint density at radius 3 is 1.43 bits per heavy atom. The molecule has 2 fully saturated rings. The van der Waals surface area contributed by atoms with Gasteiger partial charge in [-0.3, -0.25) is 86.9 Å². The van der Waals surface area contributed by atoms with Gasteiger partial charge in [-0.1, -0.05) is 156 Å². The van der Waals surface area contributed by atoms with E-state index in [1.54, 1.807) is 69.3 Å². The number of aliphatic hydroxyl groups is 3. The van der Waals surface area contributed by atoms with E-state index in [-0.39, 0.29) is 114 Å². The molecule has 18 amide bonds. The summed E-state index contributed by atoms with van der Waals surface area (Å²) in [6, 6.07) is 0.726. The fraction of sp³-hybridized carbons (Fsp3) is 0.542. The number of guanidine groups is 1. The van der Waals surface area contributed by atoms with Gasteiger partial charge in [-0.15, -0.1) is 11.8 Å². The molecule has 1 aliphatic carbocycles. The quantitative estimate of drug-likeness (QED) is 0.0115. The van der Waals surface area contributed by atoms with Crippen molar-refractivity contribution in [3.05, 3.63) is 125 Å². The summed E-state index contributed by atoms with van der Waals surface area (Å²) in [5, 5.41) is 103. The van der Waals surface area contributed by atoms with Crippen LogP contribution >= 0.6 is 11.8 Å². The second-order valence-corrected chi connectivity index (χ2v) is 37.5. The molecule has 48 nitrogen and oxygen atoms in total. The summed E-state index contributed by atoms with van der Waals surface area (Å²) >= 11 is 0.582. The van der Waals surface area contributed by atoms with Gasteiger partial charge in [0.2, 0.25) is 94.5 Å². The zero-order chi connectivity index (χ0) is 107. The maximum Gasteiger partial charge on any atom is 0.341 e. The van der Waals surface area contributed by atoms with E-state index in [0.29, 0.717) is 41.3 Å². The monoisotopic (exact) mass is 2050 g/mol. The lowest BCUT2D eigenvalue weighted by molar-refractivity contribution is -0.142. The zero-order valence-corrected chi connectivity index (χ0v) is 82.9. The molecule has 6 rings (SSSR count). The summed E-state index contributed by atoms with van der Waals surface area (Å²) in [7, 11) is 0. The van der Waals surface area contributed by atoms with Crippen LogP contribution < -0.4 is 124 Å². The van der Waals surface area contributed by atoms with E-state index >= 15 is 33.6 Å². The minimum absolute atomic E-state index is 0.0250. The standard InChI is InChI=1S/C96H141N23O25S/c1-51(2)39-66-85(133)108-65(34-36-98)84(132)111-69(41-55-18-9-7-10-19-55)90(138)119-79(54(6)122)94(142)116-73(47-121)91(139)117-74(92(140)115-72(46-120)80(99)128)49-145-50-75(123)105-62(24-15-37-103-95(100)101)81(129)110-67(43-57-28-32-61(33-29-57)144-48-77(126)127)87(135)113-71(45-76(124)125)88(136)112-70(44-58-20-13-17-53(5)40-58)89(137)118-78(52(3)4)93(141)114-68(42-56-26-30-60(31-27-56)59-21-11-8-12-22-59)86(134)107-64(25-16-38-104-96(102)143)82(130)106-63(23-14-35-97)83(131)109-66/h8,11-13,17,20-22,26-33,40,51-52,54-55,62-74,78-79,120-122H,7,9-10,14-16,18-19,23-25,34-39,41-50,97-98H2,1-6H3,(H2,99,128)(H,105,123)(H,106,130)(H,107,134)(H,108,133)(H,109,131)(H,110,129)(H,111,132)(H,112,136)(H,113,135)(H,114,141)(H,115,140)(H,116,142)(H,117,139)(H,118,137)(H,119,138)(H,124,125)(H,126,127)(H4,100,101,103)(H3,102,104,143)/t54?,62-,63-,64-,65-,66+,67-,68-,69-,70-,71-,72-,73-,74-,78-,79-/m0/s1. The number of carbonyl (C=O) groups excluding carboxylic acids is 17. The molecule has 0 bridgehead atoms. The maximum atomic E-state index is 15.5. The summed E-state index contributed by atoms with van der Waals surface area (Å²) in [6.45, 7) is 5.59. The van der Waals surface area contributed by atoms with E-state index in [9.17, 15) is 83.1 Å². The largest absolute Gasteiger partial charge is 0.482 e. The molecular weight excluding hydrogens is 1910 g/mol. The molecular formula is C96H141N23O25S. The molecule has 0 aromatic heterocycles. The molecule has 0 radical (unpaired) electrons. The molecule has 2 aliphatic rings. The van der Waals surface area contributed by atoms with E-state index in [0.717, 1.165) is 37.3 Å². The molecule has 145 heavy (non-hydrogen) atoms. The lowest BCUT2D eigenvalue weighted by Crippen LogP contribution is -2.63. The number of hydrogen-bond acceptors (Lipinski definition) is 27. The van der Waals surface area contributed by atoms with Gasteiger partial charge >= 0.3 is 18.0 Å². The number of aliphatic carboxylic acids is 2. The Kier molecular flexibility index (Phi) is 50.9. The molecule has 33 N–H and O–H groups in total. The molecule has 1 aliphatic heterocycles. The fourth-order valence-corrected chi connectivity index (χ4v) is 16.8. The Morgan fingerprint density at radius 1 is 0.469 bits per heavy atom. The number of nitrogens with one attached hydrogen (secondary N) is 18. The number of hydrogen-bond donors (Lipinski definition) is 28. The second kappa shape index (κ2) is 61.7. The Labute approximate surface area is 843 Å². The summed E-state index contributed by atoms with van der Waals surface area (Å²) in [5.74, 6) is -24.4. The number of primary amides is 2. The lowest BCUT2D eigenvalue weighted by Gasteiger charge is -2.31. The molecule has 1 saturated carbocycles. The van der Waals surface area contributed by atoms with Crippen LogP contribution in [-0.2, 0) is 106 Å². The number of ether oxygens (including phenoxy) is 1. The van der Waals surface area contributed by atoms with Crippen LogP contribution in [0.4, 0.5) is 4.79 Å². The third-order valence-electron chi connectivity index (χ3n) is 23.7. The molecule has 4 aromatic carbocycles. The van der Waals surface area contributed by atoms with E-state index in [1.807, 2.05) is 30.3 Å². The molecule has 1 heterocycles. The first-order chi connectivity index (χ1) is 68.9. The summed E-state index contributed by atoms with van der Waals surface area (Å²) in [4.78, 5) is 273. The molecule has 49 heteroatoms. The van der Waals surface area contributed by atoms with Crippen LogP contribution in [0, 0.1) is 30.1 Å². The number of amides is 18. The van der Waals surface area contributed by atoms with E-state index < -0.39 is 272 Å². The minimum Gasteiger partial charge on any atom is -0.482 e. The Hall–Kier alpha value is -14.2. The van der Waals surface area contributed by atoms with Crippen LogP contribution in [-0.4, -0.2) is 298 Å². The van der Waals surface area contributed by atoms with Crippen LogP contribution in [0.5, 0.6) is 5.75 Å². The Morgan fingerprint density at radius 2 is 0.924 bits per heavy atom. The van der Waals surface area contributed by atoms with Crippen molar-refractivity contribution in [2.45, 2.75) is 254 Å². The fourth-order valence-electron chi connectivity index (χ4n) is 16.0. The van der Waals surface area contributed by atoms with Crippen molar-refractivity contribution in [1.82, 2.24) is 90.4 Å². The van der Waals surface area contributed by atoms with Crippen molar-refractivity contribution in [1.29, 1.82) is 5.41 Å². The second-order valence-electron chi connectivity index (χ2n) is 36.5. The summed E-state index contributed by atoms with van der Waals surface area (Å²) < 4.78 is 5.30. The SMILES string of the molecule is Cc1cccc(C[C@@H]2NC(=O)[C@H](CC(=O)O)NC(=O)[C@H](Cc3ccc(OCC(=O)O)cc3)NC(=O)[C@H](CCCNC(=N)N)NC(=O)CSC[C@@H](C(=O)N[C@@H](CO)C(N)=O)NC(=O)[C@H](CO)NC(=O)[C@H](C(C)O)NC(=O)[C@H](CC3CCCCC3)NC(=O)[C@H](CCN)NC(=O)[C@@H](CC(C)C)NC(=O)[C@H](CCCN)NC(=O)[C@H](CCCNC(N)=O)NC(=O)[C@H](Cc3ccc(-c4ccccc4)cc3)NC(=O)[C@H](C(C)C)NC2=O)c1. The third-order valence-corrected chi connectivity index (χ3v) is 24.7. The first kappa shape index (κ1) is 120. The number of carboxylic acids is 2. The van der Waals surface area contributed by atoms with Crippen molar-refractivity contribution < 1.29 is 121 Å². The summed E-state index contributed by atoms with van der Waals surface area (Å²) in [5.41, 5.74) is 31.9. The average Bonchev–Trinajstić information content (AvgIpc) is 0.828. The van der Waals surface area contributed by atoms with Crippen molar-refractivity contribution in [3.8, 4) is 16.9 Å². The van der Waals surface area contributed by atoms with E-state index in [1.165, 1.54) is 38.1 Å². The van der Waals surface area contributed by atoms with Gasteiger partial charge in [-0.2, -0.15) is 0 Å². The molecule has 1 unspecified atom stereocenters. The van der Waals surface area contributed by atoms with Gasteiger partial charge in [0.15, 0.2) is 12.6 Å². The highest BCUT2D eigenvalue weighted by Crippen LogP contribution is 2.29. The molecule has 1 saturated heterocycles. The van der Waals surface area contributed by atoms with E-state index in [2.05, 4.69) is 90.4 Å². The number of urea groups is 1. The number of benzene rings is 4. The van der Waals surface area contributed by atoms with Crippen molar-refractivity contribution in [3.63, 3.8) is 0 Å². The number of aliphatic hydroxyl groups excluding tert-OH is 3. The first-order valence-corrected chi connectivity index (χ1v) is 49.2. The van der Waals surface area contributed by atoms with Crippen LogP contribution in [0.3, 0.4) is 0 Å². The van der Waals surface area contributed by atoms with Gasteiger partial charge in [0, 0.05) is 38.1 Å². The lowest BCUT2D eigenvalue weighted by atomic mass is 9.84. The highest BCUT2D eigenvalue weighted by molar-refractivity contribution is 8.00. The number of thioether (sulfide) groups is 1. The smallest absolute Gasteiger partial charge is 0.341 e. The molecule has 0 spiro atoms. The van der Waals surface area contributed by atoms with Gasteiger partial charge in [-0.25, -0.2) is 9.59 Å². The highest BCUT2D eigenvalue weighted by Gasteiger charge is 2.42. The number of carbonyl (C=O) groups is 19. The van der Waals surface area contributed by atoms with Gasteiger partial charge in [0.05, 0.1) is 31.5 Å². The normalized spacial score (nSPS) is 23.3. The number of carboxylic acid groups (broad SMARTS) is 2. The minimum atomic E-state index is -2.15. The van der Waals surface area contributed by atoms with E-state index in [4.69, 9.17) is 38.8 Å². The maximum absolute atomic E-state index is 15.5. The zero-order valence-electron chi connectivity index (χ0n) is 82.1. The van der Waals surface area contributed by atoms with Crippen LogP contribution in [0.1, 0.15) is 153 Å². The van der Waals surface area contributed by atoms with Gasteiger partial charge < -0.3 is 149 Å². The van der Waals surface area contributed by atoms with Gasteiger partial charge in [0.1, 0.15) is 96.4 Å². The highest BCUT2D eigenvalue weighted by atomic mass is 32.2. The Balaban J connectivity index is 1.53. The first-order valence-electron chi connectivity index (χ1n) is 48.1. The summed E-state index contributed by atoms with van der Waals surface area (Å²) in [6.07, 6.45) is -2.24. The predicted molar refractivity (Wildman–Crippen MR) is 531 cm³/mol. The molecule has 796 valence electrons. The molecule has 16 atom stereocenters. The average molecular weight is 2050 g/mol. The van der Waals surface area contributed by atoms with Crippen LogP contribution in [0.15, 0.2) is 103 Å². The van der Waals surface area contributed by atoms with Gasteiger partial charge in [-0.05, 0) is 142 Å². The van der Waals surface area contributed by atoms with Gasteiger partial charge in [0.25, 0.3) is 0 Å². The van der Waals surface area contributed by atoms with Crippen LogP contribution in [0.25, 0.3) is 11.1 Å². The van der Waals surface area contributed by atoms with Crippen molar-refractivity contribution in [2.75, 3.05) is 57.5 Å².